The van der Waals surface area contributed by atoms with Gasteiger partial charge in [-0.3, -0.25) is 4.79 Å². The number of nitrogens with two attached hydrogens (primary N) is 1. The van der Waals surface area contributed by atoms with Gasteiger partial charge in [0, 0.05) is 37.3 Å². The van der Waals surface area contributed by atoms with Crippen molar-refractivity contribution in [1.29, 1.82) is 0 Å². The number of pyridine rings is 1. The molecule has 1 fully saturated rings. The van der Waals surface area contributed by atoms with E-state index >= 15 is 0 Å². The number of hydrogen-bond donors (Lipinski definition) is 1. The summed E-state index contributed by atoms with van der Waals surface area (Å²) < 4.78 is 6.97. The standard InChI is InChI=1S/C30H32ClN5O2S/c1-19(38-2)18-36-12-9-20-7-8-23(27(31)26(20)29(36)37)39-25-17-33-24(16-34-25)35-13-10-30(11-14-35)15-21-5-3-4-6-22(21)28(30)32/h3-9,12,16-17,19,28H,10-11,13-15,18,32H2,1-2H3/t19?,28-/m1/s1. The molecule has 2 atom stereocenters. The lowest BCUT2D eigenvalue weighted by atomic mass is 9.73. The van der Waals surface area contributed by atoms with Gasteiger partial charge in [-0.1, -0.05) is 53.7 Å². The van der Waals surface area contributed by atoms with E-state index in [0.717, 1.165) is 53.5 Å². The molecule has 3 heterocycles. The number of halogens is 1. The van der Waals surface area contributed by atoms with Crippen LogP contribution in [0.4, 0.5) is 5.82 Å². The molecule has 9 heteroatoms. The quantitative estimate of drug-likeness (QED) is 0.334. The van der Waals surface area contributed by atoms with E-state index in [9.17, 15) is 4.79 Å². The van der Waals surface area contributed by atoms with Crippen LogP contribution in [0.1, 0.15) is 36.9 Å². The number of fused-ring (bicyclic) bond motifs is 2. The molecule has 2 aliphatic rings. The van der Waals surface area contributed by atoms with Crippen LogP contribution in [-0.2, 0) is 17.7 Å². The molecule has 0 amide bonds. The normalized spacial score (nSPS) is 19.0. The van der Waals surface area contributed by atoms with Gasteiger partial charge in [0.25, 0.3) is 5.56 Å². The molecule has 39 heavy (non-hydrogen) atoms. The minimum atomic E-state index is -0.127. The first-order valence-corrected chi connectivity index (χ1v) is 14.5. The average molecular weight is 562 g/mol. The van der Waals surface area contributed by atoms with Gasteiger partial charge in [-0.05, 0) is 60.2 Å². The highest BCUT2D eigenvalue weighted by Gasteiger charge is 2.45. The Kier molecular flexibility index (Phi) is 7.14. The van der Waals surface area contributed by atoms with Crippen LogP contribution in [-0.4, -0.2) is 40.8 Å². The number of rotatable bonds is 6. The maximum atomic E-state index is 13.2. The zero-order chi connectivity index (χ0) is 27.1. The van der Waals surface area contributed by atoms with Crippen LogP contribution >= 0.6 is 23.4 Å². The first-order chi connectivity index (χ1) is 18.9. The minimum absolute atomic E-state index is 0.0816. The van der Waals surface area contributed by atoms with E-state index < -0.39 is 0 Å². The predicted octanol–water partition coefficient (Wildman–Crippen LogP) is 5.47. The molecule has 6 rings (SSSR count). The fourth-order valence-electron chi connectivity index (χ4n) is 6.01. The van der Waals surface area contributed by atoms with E-state index in [1.54, 1.807) is 24.1 Å². The predicted molar refractivity (Wildman–Crippen MR) is 157 cm³/mol. The Labute approximate surface area is 237 Å². The molecule has 202 valence electrons. The SMILES string of the molecule is COC(C)Cn1ccc2ccc(Sc3cnc(N4CCC5(CC4)Cc4ccccc4[C@H]5N)cn3)c(Cl)c2c1=O. The number of anilines is 1. The molecule has 7 nitrogen and oxygen atoms in total. The number of aromatic nitrogens is 3. The van der Waals surface area contributed by atoms with Crippen molar-refractivity contribution in [2.24, 2.45) is 11.1 Å². The van der Waals surface area contributed by atoms with Crippen LogP contribution < -0.4 is 16.2 Å². The Morgan fingerprint density at radius 1 is 1.15 bits per heavy atom. The molecule has 1 aliphatic carbocycles. The van der Waals surface area contributed by atoms with Crippen molar-refractivity contribution < 1.29 is 4.74 Å². The third kappa shape index (κ3) is 4.84. The lowest BCUT2D eigenvalue weighted by Crippen LogP contribution is -2.44. The van der Waals surface area contributed by atoms with Crippen LogP contribution in [0.2, 0.25) is 5.02 Å². The number of piperidine rings is 1. The molecular weight excluding hydrogens is 530 g/mol. The van der Waals surface area contributed by atoms with Crippen molar-refractivity contribution in [3.63, 3.8) is 0 Å². The number of benzene rings is 2. The van der Waals surface area contributed by atoms with Crippen LogP contribution in [0, 0.1) is 5.41 Å². The Balaban J connectivity index is 1.16. The first kappa shape index (κ1) is 26.3. The van der Waals surface area contributed by atoms with E-state index in [2.05, 4.69) is 34.1 Å². The molecule has 1 unspecified atom stereocenters. The summed E-state index contributed by atoms with van der Waals surface area (Å²) in [6, 6.07) is 14.5. The number of ether oxygens (including phenoxy) is 1. The molecule has 2 aromatic carbocycles. The molecule has 2 aromatic heterocycles. The number of methoxy groups -OCH3 is 1. The van der Waals surface area contributed by atoms with Crippen molar-refractivity contribution in [2.45, 2.75) is 54.8 Å². The van der Waals surface area contributed by atoms with Gasteiger partial charge in [0.2, 0.25) is 0 Å². The van der Waals surface area contributed by atoms with Crippen molar-refractivity contribution in [3.8, 4) is 0 Å². The summed E-state index contributed by atoms with van der Waals surface area (Å²) >= 11 is 8.18. The highest BCUT2D eigenvalue weighted by molar-refractivity contribution is 7.99. The highest BCUT2D eigenvalue weighted by atomic mass is 35.5. The highest BCUT2D eigenvalue weighted by Crippen LogP contribution is 2.50. The Bertz CT molecular complexity index is 1570. The van der Waals surface area contributed by atoms with Crippen LogP contribution in [0.25, 0.3) is 10.8 Å². The average Bonchev–Trinajstić information content (AvgIpc) is 3.23. The largest absolute Gasteiger partial charge is 0.380 e. The van der Waals surface area contributed by atoms with Crippen LogP contribution in [0.15, 0.2) is 75.8 Å². The lowest BCUT2D eigenvalue weighted by Gasteiger charge is -2.42. The van der Waals surface area contributed by atoms with Gasteiger partial charge in [0.05, 0.1) is 35.5 Å². The Morgan fingerprint density at radius 2 is 1.95 bits per heavy atom. The molecule has 0 saturated carbocycles. The minimum Gasteiger partial charge on any atom is -0.380 e. The van der Waals surface area contributed by atoms with Crippen molar-refractivity contribution >= 4 is 40.0 Å². The zero-order valence-electron chi connectivity index (χ0n) is 22.1. The van der Waals surface area contributed by atoms with E-state index in [1.807, 2.05) is 31.3 Å². The number of nitrogens with zero attached hydrogens (tertiary/aromatic N) is 4. The summed E-state index contributed by atoms with van der Waals surface area (Å²) in [5, 5.41) is 2.48. The zero-order valence-corrected chi connectivity index (χ0v) is 23.7. The second-order valence-corrected chi connectivity index (χ2v) is 12.1. The van der Waals surface area contributed by atoms with E-state index in [4.69, 9.17) is 27.1 Å². The summed E-state index contributed by atoms with van der Waals surface area (Å²) in [6.45, 7) is 4.21. The van der Waals surface area contributed by atoms with Crippen molar-refractivity contribution in [3.05, 3.63) is 87.6 Å². The van der Waals surface area contributed by atoms with Gasteiger partial charge < -0.3 is 19.9 Å². The summed E-state index contributed by atoms with van der Waals surface area (Å²) in [5.41, 5.74) is 9.45. The van der Waals surface area contributed by atoms with Gasteiger partial charge >= 0.3 is 0 Å². The molecule has 1 spiro atoms. The number of hydrogen-bond acceptors (Lipinski definition) is 7. The molecule has 0 radical (unpaired) electrons. The second kappa shape index (κ2) is 10.6. The molecular formula is C30H32ClN5O2S. The molecule has 4 aromatic rings. The maximum absolute atomic E-state index is 13.2. The van der Waals surface area contributed by atoms with Gasteiger partial charge in [-0.15, -0.1) is 0 Å². The summed E-state index contributed by atoms with van der Waals surface area (Å²) in [7, 11) is 1.64. The topological polar surface area (TPSA) is 86.3 Å². The summed E-state index contributed by atoms with van der Waals surface area (Å²) in [5.74, 6) is 0.873. The van der Waals surface area contributed by atoms with E-state index in [-0.39, 0.29) is 23.1 Å². The van der Waals surface area contributed by atoms with E-state index in [0.29, 0.717) is 17.0 Å². The maximum Gasteiger partial charge on any atom is 0.260 e. The summed E-state index contributed by atoms with van der Waals surface area (Å²) in [4.78, 5) is 25.6. The van der Waals surface area contributed by atoms with E-state index in [1.165, 1.54) is 22.9 Å². The van der Waals surface area contributed by atoms with Gasteiger partial charge in [-0.25, -0.2) is 9.97 Å². The molecule has 1 aliphatic heterocycles. The lowest BCUT2D eigenvalue weighted by molar-refractivity contribution is 0.102. The first-order valence-electron chi connectivity index (χ1n) is 13.3. The molecule has 0 bridgehead atoms. The van der Waals surface area contributed by atoms with Crippen molar-refractivity contribution in [1.82, 2.24) is 14.5 Å². The van der Waals surface area contributed by atoms with Crippen LogP contribution in [0.3, 0.4) is 0 Å². The molecule has 2 N–H and O–H groups in total. The van der Waals surface area contributed by atoms with Gasteiger partial charge in [0.15, 0.2) is 0 Å². The fourth-order valence-corrected chi connectivity index (χ4v) is 7.14. The Hall–Kier alpha value is -2.91. The third-order valence-electron chi connectivity index (χ3n) is 8.41. The smallest absolute Gasteiger partial charge is 0.260 e. The summed E-state index contributed by atoms with van der Waals surface area (Å²) in [6.07, 6.45) is 8.45. The van der Waals surface area contributed by atoms with Crippen LogP contribution in [0.5, 0.6) is 0 Å². The second-order valence-electron chi connectivity index (χ2n) is 10.7. The Morgan fingerprint density at radius 3 is 2.67 bits per heavy atom. The van der Waals surface area contributed by atoms with Gasteiger partial charge in [0.1, 0.15) is 10.8 Å². The fraction of sp³-hybridized carbons (Fsp3) is 0.367. The monoisotopic (exact) mass is 561 g/mol. The molecule has 1 saturated heterocycles. The van der Waals surface area contributed by atoms with Crippen molar-refractivity contribution in [2.75, 3.05) is 25.1 Å². The van der Waals surface area contributed by atoms with Gasteiger partial charge in [-0.2, -0.15) is 0 Å². The third-order valence-corrected chi connectivity index (χ3v) is 9.89.